The van der Waals surface area contributed by atoms with E-state index in [0.29, 0.717) is 43.0 Å². The number of fused-ring (bicyclic) bond motifs is 2. The number of amides is 3. The van der Waals surface area contributed by atoms with Crippen LogP contribution in [0.25, 0.3) is 6.08 Å². The Morgan fingerprint density at radius 3 is 2.35 bits per heavy atom. The Hall–Kier alpha value is -5.51. The molecule has 1 aliphatic heterocycles. The maximum Gasteiger partial charge on any atom is 0.405 e. The van der Waals surface area contributed by atoms with Gasteiger partial charge in [-0.25, -0.2) is 4.79 Å². The number of allylic oxidation sites excluding steroid dienone is 4. The third-order valence-electron chi connectivity index (χ3n) is 10.3. The number of hydrogen-bond donors (Lipinski definition) is 5. The van der Waals surface area contributed by atoms with Crippen molar-refractivity contribution in [2.45, 2.75) is 90.6 Å². The van der Waals surface area contributed by atoms with E-state index in [4.69, 9.17) is 29.4 Å². The summed E-state index contributed by atoms with van der Waals surface area (Å²) >= 11 is 0. The first-order chi connectivity index (χ1) is 28.6. The Morgan fingerprint density at radius 1 is 0.983 bits per heavy atom. The fourth-order valence-corrected chi connectivity index (χ4v) is 7.07. The summed E-state index contributed by atoms with van der Waals surface area (Å²) in [6.45, 7) is 7.89. The molecule has 0 saturated heterocycles. The van der Waals surface area contributed by atoms with E-state index in [0.717, 1.165) is 30.9 Å². The van der Waals surface area contributed by atoms with Crippen molar-refractivity contribution < 1.29 is 52.8 Å². The Kier molecular flexibility index (Phi) is 20.0. The van der Waals surface area contributed by atoms with Gasteiger partial charge in [-0.3, -0.25) is 19.2 Å². The number of carbonyl (C=O) groups is 5. The lowest BCUT2D eigenvalue weighted by molar-refractivity contribution is -0.120. The largest absolute Gasteiger partial charge is 0.493 e. The highest BCUT2D eigenvalue weighted by molar-refractivity contribution is 6.23. The lowest BCUT2D eigenvalue weighted by Gasteiger charge is -2.30. The van der Waals surface area contributed by atoms with Crippen molar-refractivity contribution in [3.05, 3.63) is 88.3 Å². The summed E-state index contributed by atoms with van der Waals surface area (Å²) in [7, 11) is 6.01. The van der Waals surface area contributed by atoms with Gasteiger partial charge in [-0.15, -0.1) is 0 Å². The number of nitrogens with two attached hydrogens (primary N) is 1. The molecule has 0 fully saturated rings. The average Bonchev–Trinajstić information content (AvgIpc) is 3.22. The maximum atomic E-state index is 14.0. The SMILES string of the molecule is COc1cccc(/C=C/C(=O)NCCCCCCNC2=C3C[C@@H](C)C[C@H](OC)[C@H](O)[C@@H](C)/C=C(\C)[C@H](OC(N)=O)[C@@H](OC)/C=C\C=C(/C)C(=O)NC(=CC2=O)C3=O)c1OC. The minimum absolute atomic E-state index is 0.145. The second kappa shape index (κ2) is 24.5. The average molecular weight is 835 g/mol. The third kappa shape index (κ3) is 14.3. The molecule has 0 aromatic heterocycles. The van der Waals surface area contributed by atoms with E-state index >= 15 is 0 Å². The topological polar surface area (TPSA) is 214 Å². The molecule has 1 aliphatic carbocycles. The van der Waals surface area contributed by atoms with Crippen molar-refractivity contribution in [1.82, 2.24) is 16.0 Å². The molecule has 2 aliphatic rings. The molecule has 328 valence electrons. The zero-order valence-corrected chi connectivity index (χ0v) is 36.0. The van der Waals surface area contributed by atoms with Crippen molar-refractivity contribution in [2.24, 2.45) is 17.6 Å². The molecule has 15 heteroatoms. The summed E-state index contributed by atoms with van der Waals surface area (Å²) in [6.07, 6.45) is 9.79. The zero-order valence-electron chi connectivity index (χ0n) is 36.0. The summed E-state index contributed by atoms with van der Waals surface area (Å²) in [6, 6.07) is 5.42. The molecule has 6 atom stereocenters. The normalized spacial score (nSPS) is 25.6. The summed E-state index contributed by atoms with van der Waals surface area (Å²) in [4.78, 5) is 65.2. The Balaban J connectivity index is 1.73. The monoisotopic (exact) mass is 834 g/mol. The summed E-state index contributed by atoms with van der Waals surface area (Å²) in [5, 5.41) is 20.1. The van der Waals surface area contributed by atoms with Crippen LogP contribution in [0.3, 0.4) is 0 Å². The number of carbonyl (C=O) groups excluding carboxylic acids is 5. The summed E-state index contributed by atoms with van der Waals surface area (Å²) < 4.78 is 27.5. The van der Waals surface area contributed by atoms with E-state index in [1.54, 1.807) is 65.4 Å². The van der Waals surface area contributed by atoms with Gasteiger partial charge in [0.2, 0.25) is 17.5 Å². The Bertz CT molecular complexity index is 1880. The highest BCUT2D eigenvalue weighted by Gasteiger charge is 2.33. The van der Waals surface area contributed by atoms with Crippen LogP contribution in [-0.4, -0.2) is 101 Å². The molecular formula is C45H62N4O11. The third-order valence-corrected chi connectivity index (χ3v) is 10.3. The quantitative estimate of drug-likeness (QED) is 0.0701. The van der Waals surface area contributed by atoms with E-state index in [2.05, 4.69) is 16.0 Å². The fraction of sp³-hybridized carbons (Fsp3) is 0.489. The molecule has 0 unspecified atom stereocenters. The lowest BCUT2D eigenvalue weighted by atomic mass is 9.85. The van der Waals surface area contributed by atoms with Crippen LogP contribution < -0.4 is 31.2 Å². The van der Waals surface area contributed by atoms with Gasteiger partial charge < -0.3 is 50.5 Å². The molecule has 60 heavy (non-hydrogen) atoms. The molecular weight excluding hydrogens is 773 g/mol. The first kappa shape index (κ1) is 48.9. The van der Waals surface area contributed by atoms with Gasteiger partial charge >= 0.3 is 6.09 Å². The molecule has 6 N–H and O–H groups in total. The number of aliphatic hydroxyl groups excluding tert-OH is 1. The van der Waals surface area contributed by atoms with Crippen LogP contribution in [0, 0.1) is 11.8 Å². The predicted molar refractivity (Wildman–Crippen MR) is 228 cm³/mol. The summed E-state index contributed by atoms with van der Waals surface area (Å²) in [5.41, 5.74) is 7.17. The number of primary amides is 1. The smallest absolute Gasteiger partial charge is 0.405 e. The van der Waals surface area contributed by atoms with Gasteiger partial charge in [0, 0.05) is 62.1 Å². The van der Waals surface area contributed by atoms with E-state index < -0.39 is 53.9 Å². The van der Waals surface area contributed by atoms with E-state index in [1.807, 2.05) is 19.1 Å². The van der Waals surface area contributed by atoms with Gasteiger partial charge in [-0.05, 0) is 63.2 Å². The first-order valence-electron chi connectivity index (χ1n) is 20.1. The number of para-hydroxylation sites is 1. The predicted octanol–water partition coefficient (Wildman–Crippen LogP) is 4.76. The molecule has 3 rings (SSSR count). The second-order valence-electron chi connectivity index (χ2n) is 15.0. The maximum absolute atomic E-state index is 14.0. The van der Waals surface area contributed by atoms with Gasteiger partial charge in [0.15, 0.2) is 17.6 Å². The molecule has 0 radical (unpaired) electrons. The number of aliphatic hydroxyl groups is 1. The van der Waals surface area contributed by atoms with Crippen LogP contribution in [0.2, 0.25) is 0 Å². The number of unbranched alkanes of at least 4 members (excludes halogenated alkanes) is 3. The number of ether oxygens (including phenoxy) is 5. The highest BCUT2D eigenvalue weighted by atomic mass is 16.6. The van der Waals surface area contributed by atoms with Gasteiger partial charge in [0.1, 0.15) is 6.10 Å². The number of benzene rings is 1. The molecule has 1 aromatic rings. The van der Waals surface area contributed by atoms with Crippen molar-refractivity contribution in [3.63, 3.8) is 0 Å². The number of hydrogen-bond acceptors (Lipinski definition) is 12. The minimum atomic E-state index is -1.01. The van der Waals surface area contributed by atoms with E-state index in [1.165, 1.54) is 26.4 Å². The molecule has 1 aromatic carbocycles. The Morgan fingerprint density at radius 2 is 1.70 bits per heavy atom. The molecule has 0 saturated carbocycles. The van der Waals surface area contributed by atoms with Crippen molar-refractivity contribution in [1.29, 1.82) is 0 Å². The van der Waals surface area contributed by atoms with Gasteiger partial charge in [0.25, 0.3) is 5.91 Å². The molecule has 2 bridgehead atoms. The minimum Gasteiger partial charge on any atom is -0.493 e. The Labute approximate surface area is 353 Å². The molecule has 3 amide bonds. The standard InChI is InChI=1S/C45H62N4O11/c1-27-23-32-39(48-22-12-10-9-11-21-47-38(51)20-19-31-16-14-18-36(57-6)43(31)59-8)34(50)26-33(41(32)53)49-44(54)28(2)15-13-17-35(56-5)42(60-45(46)55)30(4)25-29(3)40(52)37(24-27)58-7/h13-20,25-27,29,35,37,40,42,48,52H,9-12,21-24H2,1-8H3,(H2,46,55)(H,47,51)(H,49,54)/b17-13-,20-19+,28-15+,30-25+/t27-,29+,35+,37+,40-,42+/m1/s1. The van der Waals surface area contributed by atoms with E-state index in [9.17, 15) is 29.1 Å². The number of methoxy groups -OCH3 is 4. The fourth-order valence-electron chi connectivity index (χ4n) is 7.07. The van der Waals surface area contributed by atoms with Gasteiger partial charge in [0.05, 0.1) is 37.8 Å². The number of nitrogens with one attached hydrogen (secondary N) is 3. The van der Waals surface area contributed by atoms with Crippen molar-refractivity contribution in [2.75, 3.05) is 41.5 Å². The zero-order chi connectivity index (χ0) is 44.4. The number of Topliss-reactive ketones (excluding diaryl/α,β-unsaturated/α-hetero) is 1. The van der Waals surface area contributed by atoms with Crippen LogP contribution >= 0.6 is 0 Å². The van der Waals surface area contributed by atoms with Crippen LogP contribution in [0.5, 0.6) is 11.5 Å². The highest BCUT2D eigenvalue weighted by Crippen LogP contribution is 2.32. The van der Waals surface area contributed by atoms with Crippen molar-refractivity contribution >= 4 is 35.6 Å². The molecule has 1 heterocycles. The van der Waals surface area contributed by atoms with Crippen LogP contribution in [0.15, 0.2) is 82.8 Å². The van der Waals surface area contributed by atoms with Crippen LogP contribution in [-0.2, 0) is 33.4 Å². The van der Waals surface area contributed by atoms with Gasteiger partial charge in [-0.1, -0.05) is 63.1 Å². The number of ketones is 2. The number of rotatable bonds is 15. The van der Waals surface area contributed by atoms with Gasteiger partial charge in [-0.2, -0.15) is 0 Å². The molecule has 0 spiro atoms. The van der Waals surface area contributed by atoms with Crippen LogP contribution in [0.1, 0.15) is 71.8 Å². The second-order valence-corrected chi connectivity index (χ2v) is 15.0. The summed E-state index contributed by atoms with van der Waals surface area (Å²) in [5.74, 6) is -1.36. The van der Waals surface area contributed by atoms with E-state index in [-0.39, 0.29) is 40.8 Å². The lowest BCUT2D eigenvalue weighted by Crippen LogP contribution is -2.38. The molecule has 15 nitrogen and oxygen atoms in total. The van der Waals surface area contributed by atoms with Crippen molar-refractivity contribution in [3.8, 4) is 11.5 Å². The van der Waals surface area contributed by atoms with Crippen LogP contribution in [0.4, 0.5) is 4.79 Å². The first-order valence-corrected chi connectivity index (χ1v) is 20.1.